The second kappa shape index (κ2) is 10.3. The second-order valence-electron chi connectivity index (χ2n) is 10.5. The van der Waals surface area contributed by atoms with Gasteiger partial charge in [0.2, 0.25) is 0 Å². The van der Waals surface area contributed by atoms with E-state index >= 15 is 0 Å². The van der Waals surface area contributed by atoms with Gasteiger partial charge < -0.3 is 4.57 Å². The number of fused-ring (bicyclic) bond motifs is 1. The topological polar surface area (TPSA) is 90.9 Å². The number of nitrogens with zero attached hydrogens (tertiary/aromatic N) is 7. The number of pyridine rings is 1. The van der Waals surface area contributed by atoms with Gasteiger partial charge in [-0.1, -0.05) is 36.7 Å². The molecule has 2 aromatic heterocycles. The lowest BCUT2D eigenvalue weighted by Crippen LogP contribution is -2.33. The molecular formula is C30H28ClN7O. The minimum absolute atomic E-state index is 0.104. The number of carbonyl (C=O) groups excluding carboxylic acids is 1. The van der Waals surface area contributed by atoms with Crippen molar-refractivity contribution in [2.75, 3.05) is 18.0 Å². The fourth-order valence-corrected chi connectivity index (χ4v) is 5.91. The number of anilines is 1. The number of likely N-dealkylation sites (tertiary alicyclic amines) is 1. The zero-order chi connectivity index (χ0) is 27.1. The van der Waals surface area contributed by atoms with Crippen molar-refractivity contribution in [2.45, 2.75) is 32.9 Å². The fourth-order valence-electron chi connectivity index (χ4n) is 5.68. The predicted octanol–water partition coefficient (Wildman–Crippen LogP) is 5.46. The van der Waals surface area contributed by atoms with Gasteiger partial charge in [0.25, 0.3) is 5.91 Å². The van der Waals surface area contributed by atoms with Gasteiger partial charge in [-0.15, -0.1) is 10.2 Å². The summed E-state index contributed by atoms with van der Waals surface area (Å²) in [4.78, 5) is 22.3. The number of amides is 1. The Bertz CT molecular complexity index is 1620. The van der Waals surface area contributed by atoms with Crippen LogP contribution in [0.1, 0.15) is 46.8 Å². The lowest BCUT2D eigenvalue weighted by Gasteiger charge is -2.31. The Morgan fingerprint density at radius 1 is 1.10 bits per heavy atom. The highest BCUT2D eigenvalue weighted by molar-refractivity contribution is 6.29. The van der Waals surface area contributed by atoms with E-state index < -0.39 is 0 Å². The van der Waals surface area contributed by atoms with E-state index in [0.29, 0.717) is 40.4 Å². The number of rotatable bonds is 5. The van der Waals surface area contributed by atoms with Gasteiger partial charge >= 0.3 is 0 Å². The third-order valence-corrected chi connectivity index (χ3v) is 7.78. The first kappa shape index (κ1) is 25.2. The van der Waals surface area contributed by atoms with E-state index in [1.54, 1.807) is 23.4 Å². The summed E-state index contributed by atoms with van der Waals surface area (Å²) in [5, 5.41) is 18.1. The lowest BCUT2D eigenvalue weighted by molar-refractivity contribution is 0.0996. The Morgan fingerprint density at radius 3 is 2.74 bits per heavy atom. The number of carbonyl (C=O) groups is 1. The predicted molar refractivity (Wildman–Crippen MR) is 150 cm³/mol. The molecule has 9 heteroatoms. The monoisotopic (exact) mass is 537 g/mol. The van der Waals surface area contributed by atoms with Gasteiger partial charge in [0.05, 0.1) is 18.2 Å². The standard InChI is InChI=1S/C30H28ClN7O/c1-19-4-3-9-37(15-19)16-21-11-27(31)34-28(12-21)38-17-23-7-6-22(13-25(23)30(38)39)24-8-5-20(14-32)10-26(24)29-35-33-18-36(29)2/h5-8,10-13,18-19H,3-4,9,15-17H2,1-2H3/t19-/m0/s1. The molecule has 2 aromatic carbocycles. The average molecular weight is 538 g/mol. The molecule has 196 valence electrons. The van der Waals surface area contributed by atoms with Gasteiger partial charge in [-0.05, 0) is 77.9 Å². The molecule has 2 aliphatic heterocycles. The molecule has 2 aliphatic rings. The molecule has 0 saturated carbocycles. The molecule has 0 N–H and O–H groups in total. The van der Waals surface area contributed by atoms with Crippen LogP contribution in [0.5, 0.6) is 0 Å². The summed E-state index contributed by atoms with van der Waals surface area (Å²) in [6, 6.07) is 17.5. The van der Waals surface area contributed by atoms with E-state index in [1.165, 1.54) is 12.8 Å². The highest BCUT2D eigenvalue weighted by Gasteiger charge is 2.31. The summed E-state index contributed by atoms with van der Waals surface area (Å²) in [5.41, 5.74) is 5.68. The van der Waals surface area contributed by atoms with Crippen molar-refractivity contribution in [1.82, 2.24) is 24.6 Å². The number of piperidine rings is 1. The van der Waals surface area contributed by atoms with Gasteiger partial charge in [-0.2, -0.15) is 5.26 Å². The molecule has 0 radical (unpaired) electrons. The number of nitriles is 1. The van der Waals surface area contributed by atoms with Crippen molar-refractivity contribution in [2.24, 2.45) is 13.0 Å². The van der Waals surface area contributed by atoms with Crippen LogP contribution in [0, 0.1) is 17.2 Å². The zero-order valence-electron chi connectivity index (χ0n) is 21.9. The van der Waals surface area contributed by atoms with Crippen LogP contribution in [0.4, 0.5) is 5.82 Å². The van der Waals surface area contributed by atoms with Crippen molar-refractivity contribution in [3.63, 3.8) is 0 Å². The molecule has 4 heterocycles. The number of halogens is 1. The molecule has 0 aliphatic carbocycles. The largest absolute Gasteiger partial charge is 0.317 e. The van der Waals surface area contributed by atoms with Crippen LogP contribution in [-0.4, -0.2) is 43.6 Å². The summed E-state index contributed by atoms with van der Waals surface area (Å²) < 4.78 is 1.81. The molecule has 1 saturated heterocycles. The van der Waals surface area contributed by atoms with E-state index in [9.17, 15) is 10.1 Å². The van der Waals surface area contributed by atoms with Crippen LogP contribution in [-0.2, 0) is 20.1 Å². The molecule has 0 unspecified atom stereocenters. The molecular weight excluding hydrogens is 510 g/mol. The Kier molecular flexibility index (Phi) is 6.63. The first-order valence-corrected chi connectivity index (χ1v) is 13.5. The SMILES string of the molecule is C[C@H]1CCCN(Cc2cc(Cl)nc(N3Cc4ccc(-c5ccc(C#N)cc5-c5nncn5C)cc4C3=O)c2)C1. The Balaban J connectivity index is 1.31. The van der Waals surface area contributed by atoms with Gasteiger partial charge in [0, 0.05) is 31.3 Å². The number of aromatic nitrogens is 4. The van der Waals surface area contributed by atoms with E-state index in [4.69, 9.17) is 11.6 Å². The second-order valence-corrected chi connectivity index (χ2v) is 10.9. The maximum Gasteiger partial charge on any atom is 0.260 e. The first-order chi connectivity index (χ1) is 18.9. The highest BCUT2D eigenvalue weighted by atomic mass is 35.5. The number of hydrogen-bond acceptors (Lipinski definition) is 6. The fraction of sp³-hybridized carbons (Fsp3) is 0.300. The molecule has 6 rings (SSSR count). The molecule has 1 atom stereocenters. The molecule has 8 nitrogen and oxygen atoms in total. The molecule has 0 bridgehead atoms. The van der Waals surface area contributed by atoms with Gasteiger partial charge in [0.1, 0.15) is 17.3 Å². The molecule has 1 amide bonds. The number of hydrogen-bond donors (Lipinski definition) is 0. The van der Waals surface area contributed by atoms with Crippen LogP contribution < -0.4 is 4.90 Å². The summed E-state index contributed by atoms with van der Waals surface area (Å²) in [6.07, 6.45) is 4.09. The van der Waals surface area contributed by atoms with Crippen molar-refractivity contribution < 1.29 is 4.79 Å². The summed E-state index contributed by atoms with van der Waals surface area (Å²) >= 11 is 6.44. The Labute approximate surface area is 232 Å². The van der Waals surface area contributed by atoms with E-state index in [0.717, 1.165) is 47.5 Å². The first-order valence-electron chi connectivity index (χ1n) is 13.1. The maximum absolute atomic E-state index is 13.7. The van der Waals surface area contributed by atoms with Crippen molar-refractivity contribution in [3.05, 3.63) is 82.3 Å². The summed E-state index contributed by atoms with van der Waals surface area (Å²) in [7, 11) is 1.86. The number of aryl methyl sites for hydroxylation is 1. The Morgan fingerprint density at radius 2 is 1.97 bits per heavy atom. The van der Waals surface area contributed by atoms with Crippen LogP contribution in [0.15, 0.2) is 54.9 Å². The smallest absolute Gasteiger partial charge is 0.260 e. The maximum atomic E-state index is 13.7. The van der Waals surface area contributed by atoms with Crippen LogP contribution in [0.25, 0.3) is 22.5 Å². The van der Waals surface area contributed by atoms with Crippen molar-refractivity contribution in [1.29, 1.82) is 5.26 Å². The molecule has 1 fully saturated rings. The van der Waals surface area contributed by atoms with E-state index in [1.807, 2.05) is 48.0 Å². The van der Waals surface area contributed by atoms with E-state index in [2.05, 4.69) is 33.1 Å². The quantitative estimate of drug-likeness (QED) is 0.314. The van der Waals surface area contributed by atoms with Gasteiger partial charge in [-0.25, -0.2) is 4.98 Å². The Hall–Kier alpha value is -4.06. The van der Waals surface area contributed by atoms with Crippen LogP contribution >= 0.6 is 11.6 Å². The van der Waals surface area contributed by atoms with Crippen molar-refractivity contribution in [3.8, 4) is 28.6 Å². The normalized spacial score (nSPS) is 17.3. The highest BCUT2D eigenvalue weighted by Crippen LogP contribution is 2.36. The number of benzene rings is 2. The average Bonchev–Trinajstić information content (AvgIpc) is 3.50. The molecule has 39 heavy (non-hydrogen) atoms. The minimum Gasteiger partial charge on any atom is -0.317 e. The molecule has 4 aromatic rings. The van der Waals surface area contributed by atoms with E-state index in [-0.39, 0.29) is 5.91 Å². The lowest BCUT2D eigenvalue weighted by atomic mass is 9.94. The summed E-state index contributed by atoms with van der Waals surface area (Å²) in [5.74, 6) is 1.80. The van der Waals surface area contributed by atoms with Crippen molar-refractivity contribution >= 4 is 23.3 Å². The third kappa shape index (κ3) is 4.91. The molecule has 0 spiro atoms. The van der Waals surface area contributed by atoms with Gasteiger partial charge in [0.15, 0.2) is 5.82 Å². The summed E-state index contributed by atoms with van der Waals surface area (Å²) in [6.45, 7) is 5.66. The zero-order valence-corrected chi connectivity index (χ0v) is 22.7. The minimum atomic E-state index is -0.104. The van der Waals surface area contributed by atoms with Gasteiger partial charge in [-0.3, -0.25) is 14.6 Å². The van der Waals surface area contributed by atoms with Crippen LogP contribution in [0.3, 0.4) is 0 Å². The third-order valence-electron chi connectivity index (χ3n) is 7.59. The van der Waals surface area contributed by atoms with Crippen LogP contribution in [0.2, 0.25) is 5.15 Å².